The van der Waals surface area contributed by atoms with E-state index in [1.807, 2.05) is 30.3 Å². The summed E-state index contributed by atoms with van der Waals surface area (Å²) in [5.41, 5.74) is 6.46. The fraction of sp³-hybridized carbons (Fsp3) is 0.462. The first-order chi connectivity index (χ1) is 8.70. The summed E-state index contributed by atoms with van der Waals surface area (Å²) in [5, 5.41) is 9.66. The van der Waals surface area contributed by atoms with E-state index in [2.05, 4.69) is 0 Å². The molecule has 0 spiro atoms. The Hall–Kier alpha value is -1.59. The molecule has 1 heterocycles. The number of ether oxygens (including phenoxy) is 1. The fourth-order valence-electron chi connectivity index (χ4n) is 2.05. The average molecular weight is 250 g/mol. The quantitative estimate of drug-likeness (QED) is 0.822. The van der Waals surface area contributed by atoms with Crippen molar-refractivity contribution in [1.82, 2.24) is 4.90 Å². The number of hydrogen-bond donors (Lipinski definition) is 2. The van der Waals surface area contributed by atoms with Crippen LogP contribution in [0.25, 0.3) is 0 Å². The van der Waals surface area contributed by atoms with E-state index < -0.39 is 12.2 Å². The Kier molecular flexibility index (Phi) is 4.17. The smallest absolute Gasteiger partial charge is 0.410 e. The minimum atomic E-state index is -0.542. The van der Waals surface area contributed by atoms with Crippen molar-refractivity contribution in [3.63, 3.8) is 0 Å². The summed E-state index contributed by atoms with van der Waals surface area (Å²) in [4.78, 5) is 13.3. The summed E-state index contributed by atoms with van der Waals surface area (Å²) < 4.78 is 5.19. The maximum atomic E-state index is 11.8. The third-order valence-corrected chi connectivity index (χ3v) is 3.17. The number of carbonyl (C=O) groups is 1. The summed E-state index contributed by atoms with van der Waals surface area (Å²) in [6.45, 7) is 1.39. The van der Waals surface area contributed by atoms with Gasteiger partial charge in [-0.15, -0.1) is 0 Å². The summed E-state index contributed by atoms with van der Waals surface area (Å²) in [6.07, 6.45) is -0.937. The van der Waals surface area contributed by atoms with Gasteiger partial charge < -0.3 is 20.5 Å². The number of aliphatic hydroxyl groups excluding tert-OH is 1. The predicted octanol–water partition coefficient (Wildman–Crippen LogP) is 0.575. The molecule has 0 aliphatic carbocycles. The normalized spacial score (nSPS) is 23.1. The largest absolute Gasteiger partial charge is 0.445 e. The van der Waals surface area contributed by atoms with E-state index in [1.165, 1.54) is 4.90 Å². The van der Waals surface area contributed by atoms with Crippen LogP contribution in [0, 0.1) is 5.92 Å². The Morgan fingerprint density at radius 3 is 2.72 bits per heavy atom. The monoisotopic (exact) mass is 250 g/mol. The highest BCUT2D eigenvalue weighted by Gasteiger charge is 2.33. The molecule has 2 rings (SSSR count). The van der Waals surface area contributed by atoms with E-state index >= 15 is 0 Å². The molecule has 0 bridgehead atoms. The first-order valence-electron chi connectivity index (χ1n) is 6.04. The SMILES string of the molecule is NC[C@@H]1CN(C(=O)OCc2ccccc2)C[C@@H]1O. The van der Waals surface area contributed by atoms with Crippen molar-refractivity contribution in [2.24, 2.45) is 11.7 Å². The number of rotatable bonds is 3. The molecule has 18 heavy (non-hydrogen) atoms. The van der Waals surface area contributed by atoms with Crippen molar-refractivity contribution < 1.29 is 14.6 Å². The molecular weight excluding hydrogens is 232 g/mol. The van der Waals surface area contributed by atoms with Crippen molar-refractivity contribution in [3.05, 3.63) is 35.9 Å². The molecule has 0 saturated carbocycles. The van der Waals surface area contributed by atoms with Gasteiger partial charge in [-0.3, -0.25) is 0 Å². The molecule has 0 aromatic heterocycles. The molecule has 0 radical (unpaired) electrons. The molecule has 1 aliphatic rings. The van der Waals surface area contributed by atoms with Crippen LogP contribution in [0.1, 0.15) is 5.56 Å². The summed E-state index contributed by atoms with van der Waals surface area (Å²) in [6, 6.07) is 9.50. The van der Waals surface area contributed by atoms with Gasteiger partial charge in [0, 0.05) is 12.5 Å². The molecule has 0 unspecified atom stereocenters. The maximum Gasteiger partial charge on any atom is 0.410 e. The molecular formula is C13H18N2O3. The summed E-state index contributed by atoms with van der Waals surface area (Å²) in [7, 11) is 0. The van der Waals surface area contributed by atoms with E-state index in [0.717, 1.165) is 5.56 Å². The number of benzene rings is 1. The lowest BCUT2D eigenvalue weighted by molar-refractivity contribution is 0.0967. The minimum Gasteiger partial charge on any atom is -0.445 e. The van der Waals surface area contributed by atoms with Crippen LogP contribution in [0.4, 0.5) is 4.79 Å². The van der Waals surface area contributed by atoms with Gasteiger partial charge in [0.1, 0.15) is 6.61 Å². The molecule has 1 fully saturated rings. The molecule has 1 aromatic carbocycles. The van der Waals surface area contributed by atoms with Crippen LogP contribution >= 0.6 is 0 Å². The van der Waals surface area contributed by atoms with E-state index in [0.29, 0.717) is 19.6 Å². The van der Waals surface area contributed by atoms with Crippen molar-refractivity contribution in [1.29, 1.82) is 0 Å². The molecule has 1 aliphatic heterocycles. The number of nitrogens with two attached hydrogens (primary N) is 1. The van der Waals surface area contributed by atoms with Crippen molar-refractivity contribution in [2.75, 3.05) is 19.6 Å². The van der Waals surface area contributed by atoms with Gasteiger partial charge in [-0.1, -0.05) is 30.3 Å². The molecule has 1 saturated heterocycles. The Morgan fingerprint density at radius 1 is 1.39 bits per heavy atom. The minimum absolute atomic E-state index is 0.0470. The Balaban J connectivity index is 1.82. The van der Waals surface area contributed by atoms with Gasteiger partial charge in [0.15, 0.2) is 0 Å². The van der Waals surface area contributed by atoms with Crippen LogP contribution in [0.2, 0.25) is 0 Å². The molecule has 98 valence electrons. The van der Waals surface area contributed by atoms with Gasteiger partial charge >= 0.3 is 6.09 Å². The van der Waals surface area contributed by atoms with Crippen LogP contribution in [-0.4, -0.2) is 41.8 Å². The van der Waals surface area contributed by atoms with Crippen LogP contribution in [-0.2, 0) is 11.3 Å². The third kappa shape index (κ3) is 3.00. The first kappa shape index (κ1) is 12.9. The molecule has 5 nitrogen and oxygen atoms in total. The zero-order chi connectivity index (χ0) is 13.0. The second kappa shape index (κ2) is 5.84. The molecule has 1 amide bonds. The maximum absolute atomic E-state index is 11.8. The van der Waals surface area contributed by atoms with Crippen LogP contribution in [0.5, 0.6) is 0 Å². The molecule has 3 N–H and O–H groups in total. The third-order valence-electron chi connectivity index (χ3n) is 3.17. The molecule has 5 heteroatoms. The highest BCUT2D eigenvalue weighted by molar-refractivity contribution is 5.68. The molecule has 1 aromatic rings. The second-order valence-corrected chi connectivity index (χ2v) is 4.51. The Morgan fingerprint density at radius 2 is 2.11 bits per heavy atom. The zero-order valence-corrected chi connectivity index (χ0v) is 10.2. The lowest BCUT2D eigenvalue weighted by Gasteiger charge is -2.15. The average Bonchev–Trinajstić information content (AvgIpc) is 2.78. The molecule has 2 atom stereocenters. The topological polar surface area (TPSA) is 75.8 Å². The van der Waals surface area contributed by atoms with Crippen LogP contribution in [0.3, 0.4) is 0 Å². The Labute approximate surface area is 106 Å². The highest BCUT2D eigenvalue weighted by Crippen LogP contribution is 2.17. The van der Waals surface area contributed by atoms with E-state index in [9.17, 15) is 9.90 Å². The van der Waals surface area contributed by atoms with E-state index in [1.54, 1.807) is 0 Å². The van der Waals surface area contributed by atoms with Crippen LogP contribution < -0.4 is 5.73 Å². The first-order valence-corrected chi connectivity index (χ1v) is 6.04. The van der Waals surface area contributed by atoms with Crippen molar-refractivity contribution in [2.45, 2.75) is 12.7 Å². The number of amides is 1. The number of likely N-dealkylation sites (tertiary alicyclic amines) is 1. The van der Waals surface area contributed by atoms with Gasteiger partial charge in [0.2, 0.25) is 0 Å². The van der Waals surface area contributed by atoms with Gasteiger partial charge in [-0.25, -0.2) is 4.79 Å². The summed E-state index contributed by atoms with van der Waals surface area (Å²) >= 11 is 0. The zero-order valence-electron chi connectivity index (χ0n) is 10.2. The predicted molar refractivity (Wildman–Crippen MR) is 66.8 cm³/mol. The lowest BCUT2D eigenvalue weighted by Crippen LogP contribution is -2.30. The van der Waals surface area contributed by atoms with E-state index in [-0.39, 0.29) is 12.5 Å². The number of β-amino-alcohol motifs (C(OH)–C–C–N with tert-alkyl or cyclic N) is 1. The fourth-order valence-corrected chi connectivity index (χ4v) is 2.05. The number of hydrogen-bond acceptors (Lipinski definition) is 4. The van der Waals surface area contributed by atoms with Gasteiger partial charge in [-0.2, -0.15) is 0 Å². The Bertz CT molecular complexity index is 396. The number of aliphatic hydroxyl groups is 1. The lowest BCUT2D eigenvalue weighted by atomic mass is 10.1. The number of carbonyl (C=O) groups excluding carboxylic acids is 1. The number of nitrogens with zero attached hydrogens (tertiary/aromatic N) is 1. The van der Waals surface area contributed by atoms with E-state index in [4.69, 9.17) is 10.5 Å². The standard InChI is InChI=1S/C13H18N2O3/c14-6-11-7-15(8-12(11)16)13(17)18-9-10-4-2-1-3-5-10/h1-5,11-12,16H,6-9,14H2/t11-,12+/m1/s1. The summed E-state index contributed by atoms with van der Waals surface area (Å²) in [5.74, 6) is -0.0470. The second-order valence-electron chi connectivity index (χ2n) is 4.51. The van der Waals surface area contributed by atoms with Crippen molar-refractivity contribution in [3.8, 4) is 0 Å². The van der Waals surface area contributed by atoms with Gasteiger partial charge in [-0.05, 0) is 12.1 Å². The highest BCUT2D eigenvalue weighted by atomic mass is 16.6. The van der Waals surface area contributed by atoms with Gasteiger partial charge in [0.05, 0.1) is 12.6 Å². The van der Waals surface area contributed by atoms with Crippen molar-refractivity contribution >= 4 is 6.09 Å². The van der Waals surface area contributed by atoms with Gasteiger partial charge in [0.25, 0.3) is 0 Å². The van der Waals surface area contributed by atoms with Crippen LogP contribution in [0.15, 0.2) is 30.3 Å².